The van der Waals surface area contributed by atoms with Gasteiger partial charge < -0.3 is 10.6 Å². The number of anilines is 2. The second kappa shape index (κ2) is 4.47. The number of aromatic nitrogens is 1. The average molecular weight is 190 g/mol. The molecule has 0 saturated carbocycles. The number of nitrogens with two attached hydrogens (primary N) is 1. The standard InChI is InChI=1S/C10H14N4/c1-8(6-11)7-14(2)9-4-3-5-13-10(9)12/h3-5,8H,7H2,1-2H3,(H2,12,13). The predicted octanol–water partition coefficient (Wildman–Crippen LogP) is 1.26. The molecular formula is C10H14N4. The van der Waals surface area contributed by atoms with E-state index in [0.717, 1.165) is 5.69 Å². The van der Waals surface area contributed by atoms with Crippen LogP contribution >= 0.6 is 0 Å². The Morgan fingerprint density at radius 2 is 2.43 bits per heavy atom. The van der Waals surface area contributed by atoms with E-state index in [0.29, 0.717) is 12.4 Å². The molecule has 0 amide bonds. The van der Waals surface area contributed by atoms with E-state index >= 15 is 0 Å². The Bertz CT molecular complexity index is 342. The van der Waals surface area contributed by atoms with Crippen LogP contribution in [0.3, 0.4) is 0 Å². The van der Waals surface area contributed by atoms with E-state index in [4.69, 9.17) is 11.0 Å². The fraction of sp³-hybridized carbons (Fsp3) is 0.400. The number of rotatable bonds is 3. The monoisotopic (exact) mass is 190 g/mol. The molecule has 0 spiro atoms. The maximum atomic E-state index is 8.68. The Morgan fingerprint density at radius 1 is 1.71 bits per heavy atom. The van der Waals surface area contributed by atoms with Crippen LogP contribution in [0.2, 0.25) is 0 Å². The SMILES string of the molecule is CC(C#N)CN(C)c1cccnc1N. The Balaban J connectivity index is 2.75. The highest BCUT2D eigenvalue weighted by Crippen LogP contribution is 2.19. The second-order valence-corrected chi connectivity index (χ2v) is 3.32. The van der Waals surface area contributed by atoms with Crippen LogP contribution in [0.4, 0.5) is 11.5 Å². The lowest BCUT2D eigenvalue weighted by atomic mass is 10.2. The summed E-state index contributed by atoms with van der Waals surface area (Å²) in [6.45, 7) is 2.54. The summed E-state index contributed by atoms with van der Waals surface area (Å²) in [5, 5.41) is 8.68. The second-order valence-electron chi connectivity index (χ2n) is 3.32. The van der Waals surface area contributed by atoms with Crippen LogP contribution < -0.4 is 10.6 Å². The molecule has 0 aliphatic rings. The van der Waals surface area contributed by atoms with Crippen LogP contribution in [0, 0.1) is 17.2 Å². The lowest BCUT2D eigenvalue weighted by Crippen LogP contribution is -2.24. The van der Waals surface area contributed by atoms with Crippen molar-refractivity contribution < 1.29 is 0 Å². The Morgan fingerprint density at radius 3 is 3.00 bits per heavy atom. The van der Waals surface area contributed by atoms with Crippen molar-refractivity contribution in [3.63, 3.8) is 0 Å². The average Bonchev–Trinajstić information content (AvgIpc) is 2.18. The van der Waals surface area contributed by atoms with Crippen molar-refractivity contribution in [3.05, 3.63) is 18.3 Å². The van der Waals surface area contributed by atoms with E-state index < -0.39 is 0 Å². The molecule has 1 unspecified atom stereocenters. The minimum Gasteiger partial charge on any atom is -0.382 e. The van der Waals surface area contributed by atoms with Crippen LogP contribution in [0.5, 0.6) is 0 Å². The third kappa shape index (κ3) is 2.36. The molecule has 0 aliphatic carbocycles. The zero-order chi connectivity index (χ0) is 10.6. The minimum atomic E-state index is -0.0143. The lowest BCUT2D eigenvalue weighted by molar-refractivity contribution is 0.716. The molecule has 0 bridgehead atoms. The first-order chi connectivity index (χ1) is 6.65. The topological polar surface area (TPSA) is 65.9 Å². The molecule has 0 saturated heterocycles. The van der Waals surface area contributed by atoms with E-state index in [1.165, 1.54) is 0 Å². The molecule has 0 aromatic carbocycles. The van der Waals surface area contributed by atoms with E-state index in [9.17, 15) is 0 Å². The van der Waals surface area contributed by atoms with Crippen LogP contribution in [-0.4, -0.2) is 18.6 Å². The molecular weight excluding hydrogens is 176 g/mol. The predicted molar refractivity (Wildman–Crippen MR) is 56.7 cm³/mol. The van der Waals surface area contributed by atoms with Crippen molar-refractivity contribution in [2.75, 3.05) is 24.2 Å². The number of nitriles is 1. The van der Waals surface area contributed by atoms with Gasteiger partial charge in [-0.25, -0.2) is 4.98 Å². The molecule has 0 fully saturated rings. The lowest BCUT2D eigenvalue weighted by Gasteiger charge is -2.21. The highest BCUT2D eigenvalue weighted by atomic mass is 15.1. The Labute approximate surface area is 84.0 Å². The largest absolute Gasteiger partial charge is 0.382 e. The zero-order valence-electron chi connectivity index (χ0n) is 8.44. The maximum Gasteiger partial charge on any atom is 0.146 e. The minimum absolute atomic E-state index is 0.0143. The molecule has 0 aliphatic heterocycles. The van der Waals surface area contributed by atoms with Crippen molar-refractivity contribution in [2.24, 2.45) is 5.92 Å². The fourth-order valence-corrected chi connectivity index (χ4v) is 1.28. The number of pyridine rings is 1. The summed E-state index contributed by atoms with van der Waals surface area (Å²) in [6, 6.07) is 5.91. The molecule has 1 atom stereocenters. The highest BCUT2D eigenvalue weighted by Gasteiger charge is 2.08. The number of nitrogens with zero attached hydrogens (tertiary/aromatic N) is 3. The Kier molecular flexibility index (Phi) is 3.29. The van der Waals surface area contributed by atoms with Crippen LogP contribution in [-0.2, 0) is 0 Å². The van der Waals surface area contributed by atoms with Gasteiger partial charge in [0.15, 0.2) is 0 Å². The molecule has 1 aromatic rings. The molecule has 0 radical (unpaired) electrons. The summed E-state index contributed by atoms with van der Waals surface area (Å²) in [4.78, 5) is 5.93. The van der Waals surface area contributed by atoms with E-state index in [-0.39, 0.29) is 5.92 Å². The summed E-state index contributed by atoms with van der Waals surface area (Å²) in [7, 11) is 1.90. The number of nitrogen functional groups attached to an aromatic ring is 1. The molecule has 1 heterocycles. The third-order valence-corrected chi connectivity index (χ3v) is 2.00. The summed E-state index contributed by atoms with van der Waals surface area (Å²) in [5.74, 6) is 0.486. The first-order valence-corrected chi connectivity index (χ1v) is 4.46. The number of hydrogen-bond acceptors (Lipinski definition) is 4. The molecule has 1 aromatic heterocycles. The van der Waals surface area contributed by atoms with Gasteiger partial charge in [-0.3, -0.25) is 0 Å². The van der Waals surface area contributed by atoms with Crippen LogP contribution in [0.15, 0.2) is 18.3 Å². The summed E-state index contributed by atoms with van der Waals surface area (Å²) in [6.07, 6.45) is 1.65. The maximum absolute atomic E-state index is 8.68. The first-order valence-electron chi connectivity index (χ1n) is 4.46. The van der Waals surface area contributed by atoms with Gasteiger partial charge in [0.2, 0.25) is 0 Å². The fourth-order valence-electron chi connectivity index (χ4n) is 1.28. The normalized spacial score (nSPS) is 11.8. The van der Waals surface area contributed by atoms with E-state index in [2.05, 4.69) is 11.1 Å². The first kappa shape index (κ1) is 10.3. The van der Waals surface area contributed by atoms with Crippen molar-refractivity contribution in [3.8, 4) is 6.07 Å². The van der Waals surface area contributed by atoms with Crippen molar-refractivity contribution in [1.82, 2.24) is 4.98 Å². The summed E-state index contributed by atoms with van der Waals surface area (Å²) < 4.78 is 0. The molecule has 2 N–H and O–H groups in total. The van der Waals surface area contributed by atoms with Crippen LogP contribution in [0.1, 0.15) is 6.92 Å². The van der Waals surface area contributed by atoms with E-state index in [1.807, 2.05) is 31.0 Å². The molecule has 1 rings (SSSR count). The molecule has 4 nitrogen and oxygen atoms in total. The van der Waals surface area contributed by atoms with Crippen LogP contribution in [0.25, 0.3) is 0 Å². The Hall–Kier alpha value is -1.76. The van der Waals surface area contributed by atoms with Gasteiger partial charge in [0, 0.05) is 19.8 Å². The van der Waals surface area contributed by atoms with Crippen molar-refractivity contribution in [2.45, 2.75) is 6.92 Å². The van der Waals surface area contributed by atoms with Gasteiger partial charge in [-0.2, -0.15) is 5.26 Å². The quantitative estimate of drug-likeness (QED) is 0.779. The summed E-state index contributed by atoms with van der Waals surface area (Å²) in [5.41, 5.74) is 6.57. The molecule has 74 valence electrons. The van der Waals surface area contributed by atoms with Gasteiger partial charge in [-0.15, -0.1) is 0 Å². The van der Waals surface area contributed by atoms with Gasteiger partial charge in [-0.05, 0) is 19.1 Å². The number of hydrogen-bond donors (Lipinski definition) is 1. The van der Waals surface area contributed by atoms with Crippen molar-refractivity contribution >= 4 is 11.5 Å². The van der Waals surface area contributed by atoms with Gasteiger partial charge in [0.1, 0.15) is 5.82 Å². The molecule has 4 heteroatoms. The zero-order valence-corrected chi connectivity index (χ0v) is 8.44. The van der Waals surface area contributed by atoms with E-state index in [1.54, 1.807) is 6.20 Å². The van der Waals surface area contributed by atoms with Crippen molar-refractivity contribution in [1.29, 1.82) is 5.26 Å². The van der Waals surface area contributed by atoms with Gasteiger partial charge in [-0.1, -0.05) is 0 Å². The van der Waals surface area contributed by atoms with Gasteiger partial charge >= 0.3 is 0 Å². The van der Waals surface area contributed by atoms with Gasteiger partial charge in [0.25, 0.3) is 0 Å². The van der Waals surface area contributed by atoms with Gasteiger partial charge in [0.05, 0.1) is 17.7 Å². The smallest absolute Gasteiger partial charge is 0.146 e. The summed E-state index contributed by atoms with van der Waals surface area (Å²) >= 11 is 0. The molecule has 14 heavy (non-hydrogen) atoms. The highest BCUT2D eigenvalue weighted by molar-refractivity contribution is 5.62. The third-order valence-electron chi connectivity index (χ3n) is 2.00.